The van der Waals surface area contributed by atoms with E-state index in [1.165, 1.54) is 39.0 Å². The first-order valence-corrected chi connectivity index (χ1v) is 6.04. The zero-order valence-electron chi connectivity index (χ0n) is 11.9. The van der Waals surface area contributed by atoms with Crippen LogP contribution in [0, 0.1) is 11.3 Å². The van der Waals surface area contributed by atoms with Crippen molar-refractivity contribution in [2.75, 3.05) is 0 Å². The van der Waals surface area contributed by atoms with Gasteiger partial charge in [0.05, 0.1) is 6.07 Å². The Kier molecular flexibility index (Phi) is 53.3. The van der Waals surface area contributed by atoms with Crippen LogP contribution in [0.15, 0.2) is 0 Å². The van der Waals surface area contributed by atoms with Gasteiger partial charge in [-0.2, -0.15) is 5.26 Å². The first kappa shape index (κ1) is 24.9. The molecular formula is C13H29NO3. The second-order valence-electron chi connectivity index (χ2n) is 3.48. The van der Waals surface area contributed by atoms with Crippen LogP contribution in [-0.4, -0.2) is 22.8 Å². The highest BCUT2D eigenvalue weighted by molar-refractivity contribution is 5.32. The lowest BCUT2D eigenvalue weighted by Gasteiger charge is -1.90. The maximum atomic E-state index is 8.36. The van der Waals surface area contributed by atoms with Crippen LogP contribution in [0.5, 0.6) is 0 Å². The fourth-order valence-electron chi connectivity index (χ4n) is 0.677. The third-order valence-corrected chi connectivity index (χ3v) is 1.21. The number of nitriles is 1. The summed E-state index contributed by atoms with van der Waals surface area (Å²) in [5.41, 5.74) is 0. The van der Waals surface area contributed by atoms with Gasteiger partial charge in [0.15, 0.2) is 0 Å². The van der Waals surface area contributed by atoms with Crippen LogP contribution in [0.1, 0.15) is 66.7 Å². The molecule has 0 saturated heterocycles. The number of aliphatic hydroxyl groups is 1. The van der Waals surface area contributed by atoms with Crippen LogP contribution in [0.3, 0.4) is 0 Å². The summed E-state index contributed by atoms with van der Waals surface area (Å²) in [6.45, 7) is 9.12. The summed E-state index contributed by atoms with van der Waals surface area (Å²) in [5.74, 6) is 0. The molecule has 0 radical (unpaired) electrons. The normalized spacial score (nSPS) is 7.18. The average Bonchev–Trinajstić information content (AvgIpc) is 2.20. The van der Waals surface area contributed by atoms with Gasteiger partial charge in [0, 0.05) is 13.0 Å². The van der Waals surface area contributed by atoms with Crippen LogP contribution in [-0.2, 0) is 4.79 Å². The molecule has 0 saturated carbocycles. The lowest BCUT2D eigenvalue weighted by atomic mass is 10.2. The van der Waals surface area contributed by atoms with Crippen LogP contribution >= 0.6 is 0 Å². The second-order valence-corrected chi connectivity index (χ2v) is 3.48. The number of hydrogen-bond donors (Lipinski definition) is 2. The van der Waals surface area contributed by atoms with Gasteiger partial charge in [0.2, 0.25) is 0 Å². The fraction of sp³-hybridized carbons (Fsp3) is 0.846. The van der Waals surface area contributed by atoms with E-state index in [1.54, 1.807) is 19.9 Å². The van der Waals surface area contributed by atoms with Crippen LogP contribution in [0.2, 0.25) is 0 Å². The molecule has 4 nitrogen and oxygen atoms in total. The fourth-order valence-corrected chi connectivity index (χ4v) is 0.677. The van der Waals surface area contributed by atoms with Gasteiger partial charge in [0.25, 0.3) is 6.47 Å². The number of rotatable bonds is 4. The molecule has 0 aromatic rings. The highest BCUT2D eigenvalue weighted by atomic mass is 16.3. The summed E-state index contributed by atoms with van der Waals surface area (Å²) in [4.78, 5) is 8.36. The molecule has 104 valence electrons. The van der Waals surface area contributed by atoms with Gasteiger partial charge in [-0.15, -0.1) is 0 Å². The van der Waals surface area contributed by atoms with Gasteiger partial charge < -0.3 is 10.2 Å². The Hall–Kier alpha value is -1.08. The molecule has 4 heteroatoms. The number of carbonyl (C=O) groups is 1. The summed E-state index contributed by atoms with van der Waals surface area (Å²) < 4.78 is 0. The molecule has 0 aromatic carbocycles. The first-order chi connectivity index (χ1) is 7.97. The zero-order chi connectivity index (χ0) is 14.5. The molecule has 0 bridgehead atoms. The highest BCUT2D eigenvalue weighted by Crippen LogP contribution is 2.00. The molecule has 0 rings (SSSR count). The molecule has 2 N–H and O–H groups in total. The molecule has 0 aliphatic carbocycles. The van der Waals surface area contributed by atoms with Crippen molar-refractivity contribution < 1.29 is 15.0 Å². The summed E-state index contributed by atoms with van der Waals surface area (Å²) in [6, 6.07) is 1.75. The van der Waals surface area contributed by atoms with Gasteiger partial charge in [0.1, 0.15) is 0 Å². The SMILES string of the molecule is CC#N.CC(C)O.CCCCCCC.O=CO. The van der Waals surface area contributed by atoms with Gasteiger partial charge in [-0.1, -0.05) is 46.0 Å². The minimum atomic E-state index is -0.250. The lowest BCUT2D eigenvalue weighted by molar-refractivity contribution is -0.122. The van der Waals surface area contributed by atoms with Crippen molar-refractivity contribution in [3.63, 3.8) is 0 Å². The topological polar surface area (TPSA) is 81.3 Å². The monoisotopic (exact) mass is 247 g/mol. The number of aliphatic hydroxyl groups excluding tert-OH is 1. The van der Waals surface area contributed by atoms with Crippen molar-refractivity contribution in [2.24, 2.45) is 0 Å². The predicted octanol–water partition coefficient (Wildman–Crippen LogP) is 3.59. The Labute approximate surface area is 106 Å². The molecule has 0 spiro atoms. The van der Waals surface area contributed by atoms with E-state index >= 15 is 0 Å². The zero-order valence-corrected chi connectivity index (χ0v) is 11.9. The largest absolute Gasteiger partial charge is 0.483 e. The second kappa shape index (κ2) is 36.3. The van der Waals surface area contributed by atoms with Crippen molar-refractivity contribution in [3.05, 3.63) is 0 Å². The number of hydrogen-bond acceptors (Lipinski definition) is 3. The van der Waals surface area contributed by atoms with Crippen molar-refractivity contribution in [1.82, 2.24) is 0 Å². The standard InChI is InChI=1S/C7H16.C3H8O.C2H3N.CH2O2/c1-3-5-7-6-4-2;1-3(2)4;1-2-3;2-1-3/h3-7H2,1-2H3;3-4H,1-2H3;1H3;1H,(H,2,3). The van der Waals surface area contributed by atoms with E-state index in [0.29, 0.717) is 0 Å². The smallest absolute Gasteiger partial charge is 0.290 e. The van der Waals surface area contributed by atoms with E-state index in [1.807, 2.05) is 0 Å². The van der Waals surface area contributed by atoms with Crippen LogP contribution in [0.25, 0.3) is 0 Å². The van der Waals surface area contributed by atoms with E-state index in [2.05, 4.69) is 13.8 Å². The summed E-state index contributed by atoms with van der Waals surface area (Å²) in [6.07, 6.45) is 6.84. The Morgan fingerprint density at radius 2 is 1.35 bits per heavy atom. The van der Waals surface area contributed by atoms with Crippen molar-refractivity contribution >= 4 is 6.47 Å². The summed E-state index contributed by atoms with van der Waals surface area (Å²) in [5, 5.41) is 22.3. The maximum Gasteiger partial charge on any atom is 0.290 e. The molecule has 0 atom stereocenters. The van der Waals surface area contributed by atoms with E-state index < -0.39 is 0 Å². The van der Waals surface area contributed by atoms with Crippen LogP contribution in [0.4, 0.5) is 0 Å². The maximum absolute atomic E-state index is 8.36. The molecule has 0 heterocycles. The van der Waals surface area contributed by atoms with E-state index in [0.717, 1.165) is 0 Å². The Morgan fingerprint density at radius 3 is 1.47 bits per heavy atom. The first-order valence-electron chi connectivity index (χ1n) is 6.04. The minimum absolute atomic E-state index is 0.167. The van der Waals surface area contributed by atoms with Gasteiger partial charge in [-0.3, -0.25) is 4.79 Å². The quantitative estimate of drug-likeness (QED) is 0.587. The van der Waals surface area contributed by atoms with Gasteiger partial charge in [-0.25, -0.2) is 0 Å². The minimum Gasteiger partial charge on any atom is -0.483 e. The molecule has 0 aliphatic heterocycles. The lowest BCUT2D eigenvalue weighted by Crippen LogP contribution is -1.85. The molecular weight excluding hydrogens is 218 g/mol. The third-order valence-electron chi connectivity index (χ3n) is 1.21. The molecule has 0 unspecified atom stereocenters. The molecule has 17 heavy (non-hydrogen) atoms. The number of carboxylic acid groups (broad SMARTS) is 1. The van der Waals surface area contributed by atoms with E-state index in [4.69, 9.17) is 20.3 Å². The predicted molar refractivity (Wildman–Crippen MR) is 71.8 cm³/mol. The Bertz CT molecular complexity index is 135. The van der Waals surface area contributed by atoms with Crippen LogP contribution < -0.4 is 0 Å². The van der Waals surface area contributed by atoms with Gasteiger partial charge in [-0.05, 0) is 13.8 Å². The van der Waals surface area contributed by atoms with Crippen molar-refractivity contribution in [1.29, 1.82) is 5.26 Å². The summed E-state index contributed by atoms with van der Waals surface area (Å²) >= 11 is 0. The van der Waals surface area contributed by atoms with E-state index in [-0.39, 0.29) is 12.6 Å². The highest BCUT2D eigenvalue weighted by Gasteiger charge is 1.80. The Morgan fingerprint density at radius 1 is 1.18 bits per heavy atom. The Balaban J connectivity index is -0.0000000726. The van der Waals surface area contributed by atoms with Crippen molar-refractivity contribution in [3.8, 4) is 6.07 Å². The van der Waals surface area contributed by atoms with E-state index in [9.17, 15) is 0 Å². The molecule has 0 amide bonds. The molecule has 0 aromatic heterocycles. The summed E-state index contributed by atoms with van der Waals surface area (Å²) in [7, 11) is 0. The molecule has 0 fully saturated rings. The molecule has 0 aliphatic rings. The van der Waals surface area contributed by atoms with Gasteiger partial charge >= 0.3 is 0 Å². The average molecular weight is 247 g/mol. The number of nitrogens with zero attached hydrogens (tertiary/aromatic N) is 1. The number of unbranched alkanes of at least 4 members (excludes halogenated alkanes) is 4. The third kappa shape index (κ3) is 292. The van der Waals surface area contributed by atoms with Crippen molar-refractivity contribution in [2.45, 2.75) is 72.8 Å².